The maximum atomic E-state index is 11.5. The monoisotopic (exact) mass is 426 g/mol. The zero-order chi connectivity index (χ0) is 22.3. The number of aromatic carboxylic acids is 1. The van der Waals surface area contributed by atoms with Gasteiger partial charge in [0.05, 0.1) is 5.56 Å². The number of carbonyl (C=O) groups is 1. The molecule has 0 saturated heterocycles. The van der Waals surface area contributed by atoms with Crippen LogP contribution in [0.2, 0.25) is 0 Å². The molecule has 0 aliphatic heterocycles. The summed E-state index contributed by atoms with van der Waals surface area (Å²) in [4.78, 5) is 20.4. The molecule has 0 bridgehead atoms. The fraction of sp³-hybridized carbons (Fsp3) is 0.231. The Kier molecular flexibility index (Phi) is 6.70. The van der Waals surface area contributed by atoms with Crippen LogP contribution in [-0.2, 0) is 25.8 Å². The van der Waals surface area contributed by atoms with Crippen molar-refractivity contribution in [1.82, 2.24) is 19.7 Å². The van der Waals surface area contributed by atoms with E-state index in [9.17, 15) is 9.90 Å². The normalized spacial score (nSPS) is 10.9. The van der Waals surface area contributed by atoms with Gasteiger partial charge in [0.1, 0.15) is 5.82 Å². The molecule has 0 atom stereocenters. The summed E-state index contributed by atoms with van der Waals surface area (Å²) in [6.07, 6.45) is 6.49. The Morgan fingerprint density at radius 3 is 2.47 bits per heavy atom. The molecule has 4 aromatic rings. The fourth-order valence-corrected chi connectivity index (χ4v) is 3.75. The lowest BCUT2D eigenvalue weighted by atomic mass is 10.00. The fourth-order valence-electron chi connectivity index (χ4n) is 3.75. The minimum atomic E-state index is -0.956. The molecule has 2 heterocycles. The lowest BCUT2D eigenvalue weighted by molar-refractivity contribution is 0.0697. The van der Waals surface area contributed by atoms with Gasteiger partial charge in [0, 0.05) is 37.3 Å². The molecule has 1 N–H and O–H groups in total. The minimum absolute atomic E-state index is 0.249. The quantitative estimate of drug-likeness (QED) is 0.415. The van der Waals surface area contributed by atoms with Crippen molar-refractivity contribution in [3.63, 3.8) is 0 Å². The van der Waals surface area contributed by atoms with Crippen molar-refractivity contribution in [1.29, 1.82) is 0 Å². The summed E-state index contributed by atoms with van der Waals surface area (Å²) in [6, 6.07) is 19.8. The number of hydrogen-bond donors (Lipinski definition) is 1. The van der Waals surface area contributed by atoms with Crippen molar-refractivity contribution in [2.75, 3.05) is 0 Å². The van der Waals surface area contributed by atoms with Gasteiger partial charge in [0.25, 0.3) is 0 Å². The van der Waals surface area contributed by atoms with Crippen LogP contribution in [0.3, 0.4) is 0 Å². The van der Waals surface area contributed by atoms with E-state index in [1.165, 1.54) is 17.8 Å². The standard InChI is InChI=1S/C26H26N4O2/c1-2-16-30-25(28-24(29-30)13-10-19-6-4-3-5-7-19)17-20-8-11-21(12-9-20)23-18-27-15-14-22(23)26(31)32/h3-9,11-12,14-15,18H,2,10,13,16-17H2,1H3,(H,31,32). The second-order valence-corrected chi connectivity index (χ2v) is 7.75. The third-order valence-corrected chi connectivity index (χ3v) is 5.39. The van der Waals surface area contributed by atoms with E-state index in [4.69, 9.17) is 10.1 Å². The van der Waals surface area contributed by atoms with Crippen molar-refractivity contribution in [3.8, 4) is 11.1 Å². The molecule has 0 unspecified atom stereocenters. The number of carboxylic acid groups (broad SMARTS) is 1. The van der Waals surface area contributed by atoms with Crippen LogP contribution in [0.15, 0.2) is 73.1 Å². The number of pyridine rings is 1. The topological polar surface area (TPSA) is 80.9 Å². The van der Waals surface area contributed by atoms with E-state index in [2.05, 4.69) is 36.2 Å². The van der Waals surface area contributed by atoms with Crippen LogP contribution >= 0.6 is 0 Å². The van der Waals surface area contributed by atoms with Crippen LogP contribution in [0.25, 0.3) is 11.1 Å². The number of rotatable bonds is 9. The van der Waals surface area contributed by atoms with Gasteiger partial charge in [0.15, 0.2) is 5.82 Å². The maximum absolute atomic E-state index is 11.5. The first kappa shape index (κ1) is 21.4. The predicted molar refractivity (Wildman–Crippen MR) is 124 cm³/mol. The molecule has 0 fully saturated rings. The lowest BCUT2D eigenvalue weighted by Crippen LogP contribution is -2.06. The minimum Gasteiger partial charge on any atom is -0.478 e. The molecule has 0 amide bonds. The van der Waals surface area contributed by atoms with Crippen LogP contribution in [-0.4, -0.2) is 30.8 Å². The summed E-state index contributed by atoms with van der Waals surface area (Å²) in [6.45, 7) is 2.97. The maximum Gasteiger partial charge on any atom is 0.336 e. The van der Waals surface area contributed by atoms with Gasteiger partial charge in [-0.05, 0) is 35.6 Å². The van der Waals surface area contributed by atoms with Crippen LogP contribution < -0.4 is 0 Å². The van der Waals surface area contributed by atoms with Gasteiger partial charge < -0.3 is 5.11 Å². The van der Waals surface area contributed by atoms with Crippen LogP contribution in [0.5, 0.6) is 0 Å². The van der Waals surface area contributed by atoms with E-state index in [0.717, 1.165) is 48.6 Å². The second kappa shape index (κ2) is 10.0. The zero-order valence-corrected chi connectivity index (χ0v) is 18.1. The lowest BCUT2D eigenvalue weighted by Gasteiger charge is -2.08. The first-order valence-electron chi connectivity index (χ1n) is 10.9. The SMILES string of the molecule is CCCn1nc(CCc2ccccc2)nc1Cc1ccc(-c2cnccc2C(=O)O)cc1. The highest BCUT2D eigenvalue weighted by Gasteiger charge is 2.13. The number of benzene rings is 2. The highest BCUT2D eigenvalue weighted by atomic mass is 16.4. The first-order chi connectivity index (χ1) is 15.6. The number of nitrogens with zero attached hydrogens (tertiary/aromatic N) is 4. The van der Waals surface area contributed by atoms with Crippen molar-refractivity contribution in [3.05, 3.63) is 101 Å². The summed E-state index contributed by atoms with van der Waals surface area (Å²) in [5, 5.41) is 14.2. The van der Waals surface area contributed by atoms with Crippen molar-refractivity contribution < 1.29 is 9.90 Å². The highest BCUT2D eigenvalue weighted by molar-refractivity contribution is 5.95. The van der Waals surface area contributed by atoms with Gasteiger partial charge in [-0.15, -0.1) is 0 Å². The van der Waals surface area contributed by atoms with Crippen LogP contribution in [0.4, 0.5) is 0 Å². The van der Waals surface area contributed by atoms with Gasteiger partial charge in [-0.2, -0.15) is 5.10 Å². The molecule has 0 spiro atoms. The van der Waals surface area contributed by atoms with Gasteiger partial charge in [-0.1, -0.05) is 61.5 Å². The second-order valence-electron chi connectivity index (χ2n) is 7.75. The molecule has 0 radical (unpaired) electrons. The summed E-state index contributed by atoms with van der Waals surface area (Å²) in [7, 11) is 0. The van der Waals surface area contributed by atoms with Crippen molar-refractivity contribution in [2.45, 2.75) is 39.2 Å². The van der Waals surface area contributed by atoms with E-state index in [-0.39, 0.29) is 5.56 Å². The molecule has 6 heteroatoms. The Morgan fingerprint density at radius 2 is 1.75 bits per heavy atom. The number of aromatic nitrogens is 4. The van der Waals surface area contributed by atoms with E-state index < -0.39 is 5.97 Å². The molecular weight excluding hydrogens is 400 g/mol. The Morgan fingerprint density at radius 1 is 0.969 bits per heavy atom. The molecular formula is C26H26N4O2. The number of carboxylic acids is 1. The molecule has 0 saturated carbocycles. The molecule has 0 aliphatic rings. The Balaban J connectivity index is 1.51. The van der Waals surface area contributed by atoms with E-state index in [1.54, 1.807) is 6.20 Å². The van der Waals surface area contributed by atoms with Crippen molar-refractivity contribution in [2.24, 2.45) is 0 Å². The van der Waals surface area contributed by atoms with Crippen LogP contribution in [0.1, 0.15) is 46.5 Å². The van der Waals surface area contributed by atoms with Crippen LogP contribution in [0, 0.1) is 0 Å². The van der Waals surface area contributed by atoms with E-state index in [1.807, 2.05) is 35.0 Å². The largest absolute Gasteiger partial charge is 0.478 e. The van der Waals surface area contributed by atoms with Gasteiger partial charge in [-0.25, -0.2) is 14.5 Å². The number of aryl methyl sites for hydroxylation is 3. The molecule has 2 aromatic heterocycles. The van der Waals surface area contributed by atoms with Gasteiger partial charge >= 0.3 is 5.97 Å². The molecule has 162 valence electrons. The molecule has 32 heavy (non-hydrogen) atoms. The van der Waals surface area contributed by atoms with Gasteiger partial charge in [-0.3, -0.25) is 4.98 Å². The molecule has 2 aromatic carbocycles. The summed E-state index contributed by atoms with van der Waals surface area (Å²) in [5.41, 5.74) is 4.08. The molecule has 0 aliphatic carbocycles. The van der Waals surface area contributed by atoms with E-state index in [0.29, 0.717) is 12.0 Å². The van der Waals surface area contributed by atoms with E-state index >= 15 is 0 Å². The third-order valence-electron chi connectivity index (χ3n) is 5.39. The third kappa shape index (κ3) is 5.09. The smallest absolute Gasteiger partial charge is 0.336 e. The van der Waals surface area contributed by atoms with Crippen molar-refractivity contribution >= 4 is 5.97 Å². The first-order valence-corrected chi connectivity index (χ1v) is 10.9. The Labute approximate surface area is 187 Å². The van der Waals surface area contributed by atoms with Gasteiger partial charge in [0.2, 0.25) is 0 Å². The highest BCUT2D eigenvalue weighted by Crippen LogP contribution is 2.24. The summed E-state index contributed by atoms with van der Waals surface area (Å²) in [5.74, 6) is 0.868. The average molecular weight is 427 g/mol. The summed E-state index contributed by atoms with van der Waals surface area (Å²) >= 11 is 0. The average Bonchev–Trinajstić information content (AvgIpc) is 3.20. The Bertz CT molecular complexity index is 1180. The molecule has 4 rings (SSSR count). The summed E-state index contributed by atoms with van der Waals surface area (Å²) < 4.78 is 2.01. The number of hydrogen-bond acceptors (Lipinski definition) is 4. The zero-order valence-electron chi connectivity index (χ0n) is 18.1. The predicted octanol–water partition coefficient (Wildman–Crippen LogP) is 4.82. The molecule has 6 nitrogen and oxygen atoms in total. The Hall–Kier alpha value is -3.80.